The van der Waals surface area contributed by atoms with Crippen molar-refractivity contribution in [3.8, 4) is 0 Å². The number of carbonyl (C=O) groups excluding carboxylic acids is 1. The molecule has 2 atom stereocenters. The molecule has 1 rings (SSSR count). The third-order valence-corrected chi connectivity index (χ3v) is 4.79. The molecule has 0 aromatic heterocycles. The van der Waals surface area contributed by atoms with Crippen molar-refractivity contribution in [2.75, 3.05) is 6.54 Å². The molecule has 1 N–H and O–H groups in total. The van der Waals surface area contributed by atoms with E-state index in [1.165, 1.54) is 25.7 Å². The van der Waals surface area contributed by atoms with Crippen LogP contribution < -0.4 is 5.32 Å². The van der Waals surface area contributed by atoms with Gasteiger partial charge in [0.05, 0.1) is 11.7 Å². The summed E-state index contributed by atoms with van der Waals surface area (Å²) in [4.78, 5) is 14.7. The van der Waals surface area contributed by atoms with E-state index >= 15 is 0 Å². The monoisotopic (exact) mass is 296 g/mol. The summed E-state index contributed by atoms with van der Waals surface area (Å²) in [7, 11) is 0. The maximum absolute atomic E-state index is 12.6. The van der Waals surface area contributed by atoms with Gasteiger partial charge in [0, 0.05) is 6.54 Å². The number of unbranched alkanes of at least 4 members (excludes halogenated alkanes) is 3. The summed E-state index contributed by atoms with van der Waals surface area (Å²) in [5.41, 5.74) is -0.336. The van der Waals surface area contributed by atoms with Gasteiger partial charge in [0.2, 0.25) is 5.91 Å². The Morgan fingerprint density at radius 2 is 1.86 bits per heavy atom. The van der Waals surface area contributed by atoms with Gasteiger partial charge in [-0.2, -0.15) is 0 Å². The standard InChI is InChI=1S/C18H36N2O/c1-6-12-16-19-18(5,7-2)17(21)20(16)14-11-9-8-10-13-15(3)4/h15-16,19H,6-14H2,1-5H3. The zero-order valence-corrected chi connectivity index (χ0v) is 14.9. The lowest BCUT2D eigenvalue weighted by Gasteiger charge is -2.23. The van der Waals surface area contributed by atoms with Gasteiger partial charge in [-0.15, -0.1) is 0 Å². The van der Waals surface area contributed by atoms with Crippen LogP contribution in [0.1, 0.15) is 86.0 Å². The summed E-state index contributed by atoms with van der Waals surface area (Å²) in [5, 5.41) is 3.56. The molecule has 124 valence electrons. The van der Waals surface area contributed by atoms with Crippen LogP contribution in [-0.4, -0.2) is 29.1 Å². The summed E-state index contributed by atoms with van der Waals surface area (Å²) in [6.45, 7) is 11.8. The molecule has 1 aliphatic rings. The molecular weight excluding hydrogens is 260 g/mol. The van der Waals surface area contributed by atoms with Crippen LogP contribution in [-0.2, 0) is 4.79 Å². The molecule has 0 bridgehead atoms. The number of amides is 1. The first-order chi connectivity index (χ1) is 9.94. The molecule has 0 saturated carbocycles. The summed E-state index contributed by atoms with van der Waals surface area (Å²) in [5.74, 6) is 1.12. The molecule has 0 aromatic rings. The van der Waals surface area contributed by atoms with E-state index in [2.05, 4.69) is 44.8 Å². The number of hydrogen-bond donors (Lipinski definition) is 1. The Morgan fingerprint density at radius 1 is 1.19 bits per heavy atom. The Bertz CT molecular complexity index is 316. The van der Waals surface area contributed by atoms with E-state index in [0.29, 0.717) is 5.91 Å². The number of hydrogen-bond acceptors (Lipinski definition) is 2. The first-order valence-corrected chi connectivity index (χ1v) is 9.03. The normalized spacial score (nSPS) is 26.1. The van der Waals surface area contributed by atoms with Crippen molar-refractivity contribution in [3.63, 3.8) is 0 Å². The molecule has 0 spiro atoms. The predicted molar refractivity (Wildman–Crippen MR) is 90.2 cm³/mol. The van der Waals surface area contributed by atoms with Crippen LogP contribution in [0.4, 0.5) is 0 Å². The molecular formula is C18H36N2O. The number of rotatable bonds is 10. The van der Waals surface area contributed by atoms with Crippen molar-refractivity contribution < 1.29 is 4.79 Å². The molecule has 0 radical (unpaired) electrons. The summed E-state index contributed by atoms with van der Waals surface area (Å²) in [6, 6.07) is 0. The van der Waals surface area contributed by atoms with Gasteiger partial charge < -0.3 is 4.90 Å². The van der Waals surface area contributed by atoms with Crippen LogP contribution in [0.25, 0.3) is 0 Å². The molecule has 1 aliphatic heterocycles. The zero-order chi connectivity index (χ0) is 15.9. The lowest BCUT2D eigenvalue weighted by molar-refractivity contribution is -0.133. The van der Waals surface area contributed by atoms with Crippen LogP contribution in [0, 0.1) is 5.92 Å². The van der Waals surface area contributed by atoms with E-state index in [1.54, 1.807) is 0 Å². The highest BCUT2D eigenvalue weighted by atomic mass is 16.2. The fourth-order valence-corrected chi connectivity index (χ4v) is 3.17. The molecule has 1 fully saturated rings. The first kappa shape index (κ1) is 18.5. The van der Waals surface area contributed by atoms with E-state index < -0.39 is 0 Å². The third-order valence-electron chi connectivity index (χ3n) is 4.79. The predicted octanol–water partition coefficient (Wildman–Crippen LogP) is 4.32. The number of nitrogens with zero attached hydrogens (tertiary/aromatic N) is 1. The maximum Gasteiger partial charge on any atom is 0.243 e. The first-order valence-electron chi connectivity index (χ1n) is 9.03. The van der Waals surface area contributed by atoms with Crippen LogP contribution in [0.2, 0.25) is 0 Å². The SMILES string of the molecule is CCCC1NC(C)(CC)C(=O)N1CCCCCCC(C)C. The van der Waals surface area contributed by atoms with Crippen LogP contribution in [0.3, 0.4) is 0 Å². The molecule has 3 nitrogen and oxygen atoms in total. The zero-order valence-electron chi connectivity index (χ0n) is 14.9. The lowest BCUT2D eigenvalue weighted by Crippen LogP contribution is -2.43. The second-order valence-electron chi connectivity index (χ2n) is 7.23. The topological polar surface area (TPSA) is 32.3 Å². The molecule has 0 aliphatic carbocycles. The fourth-order valence-electron chi connectivity index (χ4n) is 3.17. The number of carbonyl (C=O) groups is 1. The second kappa shape index (κ2) is 8.77. The Hall–Kier alpha value is -0.570. The second-order valence-corrected chi connectivity index (χ2v) is 7.23. The van der Waals surface area contributed by atoms with E-state index in [4.69, 9.17) is 0 Å². The van der Waals surface area contributed by atoms with Gasteiger partial charge in [-0.25, -0.2) is 0 Å². The van der Waals surface area contributed by atoms with Crippen LogP contribution in [0.5, 0.6) is 0 Å². The van der Waals surface area contributed by atoms with E-state index in [0.717, 1.165) is 38.1 Å². The van der Waals surface area contributed by atoms with Crippen LogP contribution in [0.15, 0.2) is 0 Å². The van der Waals surface area contributed by atoms with Gasteiger partial charge in [0.25, 0.3) is 0 Å². The molecule has 0 aromatic carbocycles. The minimum Gasteiger partial charge on any atom is -0.326 e. The van der Waals surface area contributed by atoms with Crippen molar-refractivity contribution in [1.29, 1.82) is 0 Å². The van der Waals surface area contributed by atoms with Crippen molar-refractivity contribution >= 4 is 5.91 Å². The lowest BCUT2D eigenvalue weighted by atomic mass is 9.99. The van der Waals surface area contributed by atoms with Gasteiger partial charge in [-0.1, -0.05) is 59.8 Å². The van der Waals surface area contributed by atoms with E-state index in [9.17, 15) is 4.79 Å². The molecule has 21 heavy (non-hydrogen) atoms. The largest absolute Gasteiger partial charge is 0.326 e. The van der Waals surface area contributed by atoms with Crippen LogP contribution >= 0.6 is 0 Å². The quantitative estimate of drug-likeness (QED) is 0.609. The van der Waals surface area contributed by atoms with Gasteiger partial charge in [0.15, 0.2) is 0 Å². The van der Waals surface area contributed by atoms with Crippen molar-refractivity contribution in [2.45, 2.75) is 97.7 Å². The highest BCUT2D eigenvalue weighted by molar-refractivity contribution is 5.88. The Kier molecular flexibility index (Phi) is 7.72. The Labute approximate surface area is 131 Å². The molecule has 2 unspecified atom stereocenters. The van der Waals surface area contributed by atoms with Crippen molar-refractivity contribution in [3.05, 3.63) is 0 Å². The molecule has 1 amide bonds. The highest BCUT2D eigenvalue weighted by Crippen LogP contribution is 2.26. The van der Waals surface area contributed by atoms with Gasteiger partial charge in [0.1, 0.15) is 0 Å². The summed E-state index contributed by atoms with van der Waals surface area (Å²) in [6.07, 6.45) is 9.66. The van der Waals surface area contributed by atoms with Gasteiger partial charge in [-0.3, -0.25) is 10.1 Å². The smallest absolute Gasteiger partial charge is 0.243 e. The van der Waals surface area contributed by atoms with Crippen molar-refractivity contribution in [2.24, 2.45) is 5.92 Å². The van der Waals surface area contributed by atoms with Gasteiger partial charge >= 0.3 is 0 Å². The summed E-state index contributed by atoms with van der Waals surface area (Å²) >= 11 is 0. The maximum atomic E-state index is 12.6. The molecule has 1 saturated heterocycles. The average molecular weight is 296 g/mol. The fraction of sp³-hybridized carbons (Fsp3) is 0.944. The number of nitrogens with one attached hydrogen (secondary N) is 1. The van der Waals surface area contributed by atoms with Crippen molar-refractivity contribution in [1.82, 2.24) is 10.2 Å². The third kappa shape index (κ3) is 5.28. The van der Waals surface area contributed by atoms with Gasteiger partial charge in [-0.05, 0) is 32.1 Å². The molecule has 1 heterocycles. The Morgan fingerprint density at radius 3 is 2.43 bits per heavy atom. The minimum atomic E-state index is -0.336. The minimum absolute atomic E-state index is 0.253. The highest BCUT2D eigenvalue weighted by Gasteiger charge is 2.45. The molecule has 3 heteroatoms. The Balaban J connectivity index is 2.38. The average Bonchev–Trinajstić information content (AvgIpc) is 2.67. The summed E-state index contributed by atoms with van der Waals surface area (Å²) < 4.78 is 0. The van der Waals surface area contributed by atoms with E-state index in [-0.39, 0.29) is 11.7 Å². The van der Waals surface area contributed by atoms with E-state index in [1.807, 2.05) is 0 Å².